The second-order valence-corrected chi connectivity index (χ2v) is 10.1. The van der Waals surface area contributed by atoms with E-state index in [4.69, 9.17) is 32.7 Å². The molecule has 0 bridgehead atoms. The maximum absolute atomic E-state index is 11.6. The second-order valence-electron chi connectivity index (χ2n) is 7.53. The van der Waals surface area contributed by atoms with E-state index in [0.717, 1.165) is 22.8 Å². The monoisotopic (exact) mass is 527 g/mol. The van der Waals surface area contributed by atoms with Crippen LogP contribution < -0.4 is 14.2 Å². The van der Waals surface area contributed by atoms with E-state index >= 15 is 0 Å². The van der Waals surface area contributed by atoms with Gasteiger partial charge in [0, 0.05) is 23.7 Å². The molecule has 0 aliphatic carbocycles. The first-order valence-electron chi connectivity index (χ1n) is 10.3. The van der Waals surface area contributed by atoms with E-state index in [1.165, 1.54) is 0 Å². The smallest absolute Gasteiger partial charge is 0.230 e. The molecule has 7 nitrogen and oxygen atoms in total. The fourth-order valence-electron chi connectivity index (χ4n) is 3.46. The molecular weight excluding hydrogens is 509 g/mol. The van der Waals surface area contributed by atoms with Gasteiger partial charge in [-0.1, -0.05) is 35.9 Å². The summed E-state index contributed by atoms with van der Waals surface area (Å²) in [4.78, 5) is 4.13. The number of sulfonamides is 1. The quantitative estimate of drug-likeness (QED) is 0.273. The molecule has 0 radical (unpaired) electrons. The third-order valence-corrected chi connectivity index (χ3v) is 5.93. The van der Waals surface area contributed by atoms with E-state index in [2.05, 4.69) is 15.8 Å². The van der Waals surface area contributed by atoms with Crippen molar-refractivity contribution in [2.75, 3.05) is 23.5 Å². The van der Waals surface area contributed by atoms with Crippen LogP contribution in [0.5, 0.6) is 17.2 Å². The van der Waals surface area contributed by atoms with Crippen molar-refractivity contribution in [2.24, 2.45) is 0 Å². The maximum Gasteiger partial charge on any atom is 0.230 e. The summed E-state index contributed by atoms with van der Waals surface area (Å²) < 4.78 is 37.0. The highest BCUT2D eigenvalue weighted by Crippen LogP contribution is 2.36. The van der Waals surface area contributed by atoms with Crippen molar-refractivity contribution in [2.45, 2.75) is 0 Å². The van der Waals surface area contributed by atoms with Crippen molar-refractivity contribution >= 4 is 49.8 Å². The summed E-state index contributed by atoms with van der Waals surface area (Å²) >= 11 is 11.9. The molecule has 1 N–H and O–H groups in total. The molecule has 178 valence electrons. The van der Waals surface area contributed by atoms with E-state index in [-0.39, 0.29) is 34.6 Å². The fraction of sp³-hybridized carbons (Fsp3) is 0.120. The Morgan fingerprint density at radius 3 is 2.46 bits per heavy atom. The topological polar surface area (TPSA) is 101 Å². The SMILES string of the molecule is CS(=O)(=O)Nc1nccc2cc(-c3ccc(Oc4cc(Cl)c(OCCCl)c(C#N)c4)cc3)ccc12. The van der Waals surface area contributed by atoms with Gasteiger partial charge in [-0.15, -0.1) is 11.6 Å². The Morgan fingerprint density at radius 2 is 1.77 bits per heavy atom. The minimum Gasteiger partial charge on any atom is -0.489 e. The molecule has 0 atom stereocenters. The van der Waals surface area contributed by atoms with Gasteiger partial charge >= 0.3 is 0 Å². The summed E-state index contributed by atoms with van der Waals surface area (Å²) in [5.41, 5.74) is 2.13. The summed E-state index contributed by atoms with van der Waals surface area (Å²) in [7, 11) is -3.44. The average molecular weight is 528 g/mol. The highest BCUT2D eigenvalue weighted by atomic mass is 35.5. The molecule has 1 heterocycles. The van der Waals surface area contributed by atoms with Crippen LogP contribution in [0.4, 0.5) is 5.82 Å². The summed E-state index contributed by atoms with van der Waals surface area (Å²) in [6, 6.07) is 20.1. The van der Waals surface area contributed by atoms with Gasteiger partial charge in [0.2, 0.25) is 10.0 Å². The van der Waals surface area contributed by atoms with Gasteiger partial charge < -0.3 is 9.47 Å². The van der Waals surface area contributed by atoms with Crippen molar-refractivity contribution < 1.29 is 17.9 Å². The normalized spacial score (nSPS) is 11.1. The second kappa shape index (κ2) is 10.4. The van der Waals surface area contributed by atoms with Crippen LogP contribution in [-0.4, -0.2) is 32.1 Å². The summed E-state index contributed by atoms with van der Waals surface area (Å²) in [6.07, 6.45) is 2.65. The molecule has 0 spiro atoms. The molecule has 0 saturated carbocycles. The first-order valence-corrected chi connectivity index (χ1v) is 13.1. The number of rotatable bonds is 8. The number of hydrogen-bond donors (Lipinski definition) is 1. The molecule has 4 rings (SSSR count). The van der Waals surface area contributed by atoms with Crippen molar-refractivity contribution in [3.63, 3.8) is 0 Å². The Labute approximate surface area is 212 Å². The van der Waals surface area contributed by atoms with Gasteiger partial charge in [-0.25, -0.2) is 13.4 Å². The van der Waals surface area contributed by atoms with Crippen LogP contribution in [0.25, 0.3) is 21.9 Å². The van der Waals surface area contributed by atoms with Crippen LogP contribution in [0.15, 0.2) is 66.9 Å². The number of pyridine rings is 1. The van der Waals surface area contributed by atoms with Crippen molar-refractivity contribution in [3.8, 4) is 34.4 Å². The Hall–Kier alpha value is -3.51. The number of benzene rings is 3. The number of nitrogens with one attached hydrogen (secondary N) is 1. The van der Waals surface area contributed by atoms with Crippen LogP contribution in [0.3, 0.4) is 0 Å². The minimum absolute atomic E-state index is 0.235. The number of nitrogens with zero attached hydrogens (tertiary/aromatic N) is 2. The lowest BCUT2D eigenvalue weighted by Crippen LogP contribution is -2.11. The number of nitriles is 1. The predicted octanol–water partition coefficient (Wildman–Crippen LogP) is 6.21. The lowest BCUT2D eigenvalue weighted by Gasteiger charge is -2.12. The first kappa shape index (κ1) is 24.6. The van der Waals surface area contributed by atoms with Gasteiger partial charge in [0.25, 0.3) is 0 Å². The molecule has 35 heavy (non-hydrogen) atoms. The number of halogens is 2. The number of hydrogen-bond acceptors (Lipinski definition) is 6. The van der Waals surface area contributed by atoms with Gasteiger partial charge in [0.05, 0.1) is 22.7 Å². The summed E-state index contributed by atoms with van der Waals surface area (Å²) in [5.74, 6) is 1.81. The lowest BCUT2D eigenvalue weighted by atomic mass is 10.0. The Morgan fingerprint density at radius 1 is 1.03 bits per heavy atom. The molecule has 0 unspecified atom stereocenters. The Balaban J connectivity index is 1.57. The molecule has 0 amide bonds. The van der Waals surface area contributed by atoms with Crippen LogP contribution in [0, 0.1) is 11.3 Å². The predicted molar refractivity (Wildman–Crippen MR) is 138 cm³/mol. The Bertz CT molecular complexity index is 1540. The number of ether oxygens (including phenoxy) is 2. The van der Waals surface area contributed by atoms with E-state index in [0.29, 0.717) is 16.9 Å². The zero-order valence-corrected chi connectivity index (χ0v) is 20.8. The van der Waals surface area contributed by atoms with Gasteiger partial charge in [-0.2, -0.15) is 5.26 Å². The Kier molecular flexibility index (Phi) is 7.31. The fourth-order valence-corrected chi connectivity index (χ4v) is 4.32. The van der Waals surface area contributed by atoms with Crippen molar-refractivity contribution in [1.82, 2.24) is 4.98 Å². The first-order chi connectivity index (χ1) is 16.8. The molecule has 0 fully saturated rings. The highest BCUT2D eigenvalue weighted by Gasteiger charge is 2.13. The number of alkyl halides is 1. The van der Waals surface area contributed by atoms with Gasteiger partial charge in [0.1, 0.15) is 30.0 Å². The third-order valence-electron chi connectivity index (χ3n) is 4.93. The molecule has 0 saturated heterocycles. The summed E-state index contributed by atoms with van der Waals surface area (Å²) in [6.45, 7) is 0.235. The molecule has 4 aromatic rings. The number of anilines is 1. The zero-order valence-electron chi connectivity index (χ0n) is 18.5. The van der Waals surface area contributed by atoms with Gasteiger partial charge in [-0.05, 0) is 40.8 Å². The van der Waals surface area contributed by atoms with Crippen LogP contribution in [0.1, 0.15) is 5.56 Å². The molecule has 0 aliphatic rings. The van der Waals surface area contributed by atoms with E-state index in [9.17, 15) is 13.7 Å². The van der Waals surface area contributed by atoms with E-state index in [1.54, 1.807) is 30.5 Å². The van der Waals surface area contributed by atoms with Crippen molar-refractivity contribution in [3.05, 3.63) is 77.4 Å². The van der Waals surface area contributed by atoms with Gasteiger partial charge in [0.15, 0.2) is 5.75 Å². The van der Waals surface area contributed by atoms with Crippen LogP contribution in [0.2, 0.25) is 5.02 Å². The van der Waals surface area contributed by atoms with E-state index < -0.39 is 10.0 Å². The molecule has 3 aromatic carbocycles. The van der Waals surface area contributed by atoms with E-state index in [1.807, 2.05) is 36.4 Å². The van der Waals surface area contributed by atoms with Crippen LogP contribution in [-0.2, 0) is 10.0 Å². The van der Waals surface area contributed by atoms with Crippen LogP contribution >= 0.6 is 23.2 Å². The standard InChI is InChI=1S/C25H19Cl2N3O4S/c1-35(31,32)30-25-22-7-4-17(12-18(22)8-10-29-25)16-2-5-20(6-3-16)34-21-13-19(15-28)24(23(27)14-21)33-11-9-26/h2-8,10,12-14H,9,11H2,1H3,(H,29,30). The highest BCUT2D eigenvalue weighted by molar-refractivity contribution is 7.92. The molecular formula is C25H19Cl2N3O4S. The lowest BCUT2D eigenvalue weighted by molar-refractivity contribution is 0.341. The average Bonchev–Trinajstić information content (AvgIpc) is 2.82. The number of fused-ring (bicyclic) bond motifs is 1. The number of aromatic nitrogens is 1. The largest absolute Gasteiger partial charge is 0.489 e. The zero-order chi connectivity index (χ0) is 25.0. The minimum atomic E-state index is -3.44. The summed E-state index contributed by atoms with van der Waals surface area (Å²) in [5, 5.41) is 11.2. The van der Waals surface area contributed by atoms with Gasteiger partial charge in [-0.3, -0.25) is 4.72 Å². The molecule has 1 aromatic heterocycles. The molecule has 0 aliphatic heterocycles. The third kappa shape index (κ3) is 5.95. The maximum atomic E-state index is 11.6. The molecule has 10 heteroatoms. The van der Waals surface area contributed by atoms with Crippen molar-refractivity contribution in [1.29, 1.82) is 5.26 Å².